The van der Waals surface area contributed by atoms with Crippen LogP contribution in [0.25, 0.3) is 11.0 Å². The SMILES string of the molecule is O=C([C@H]1Cc2ccccc2S1)N1CCC[C@@H](c2nc3ccccc3[nH]2)C1. The molecular formula is C21H21N3OS. The third-order valence-electron chi connectivity index (χ3n) is 5.45. The standard InChI is InChI=1S/C21H21N3OS/c25-21(19-12-14-6-1-4-10-18(14)26-19)24-11-5-7-15(13-24)20-22-16-8-2-3-9-17(16)23-20/h1-4,6,8-10,15,19H,5,7,11-13H2,(H,22,23)/t15-,19-/m1/s1. The van der Waals surface area contributed by atoms with Crippen LogP contribution in [0.4, 0.5) is 0 Å². The fourth-order valence-electron chi connectivity index (χ4n) is 4.09. The second kappa shape index (κ2) is 6.47. The number of fused-ring (bicyclic) bond motifs is 2. The highest BCUT2D eigenvalue weighted by molar-refractivity contribution is 8.01. The molecule has 2 aliphatic heterocycles. The topological polar surface area (TPSA) is 49.0 Å². The van der Waals surface area contributed by atoms with Gasteiger partial charge in [0.25, 0.3) is 0 Å². The Balaban J connectivity index is 1.32. The summed E-state index contributed by atoms with van der Waals surface area (Å²) in [5.41, 5.74) is 3.39. The monoisotopic (exact) mass is 363 g/mol. The lowest BCUT2D eigenvalue weighted by Crippen LogP contribution is -2.43. The van der Waals surface area contributed by atoms with E-state index in [0.717, 1.165) is 49.2 Å². The quantitative estimate of drug-likeness (QED) is 0.749. The molecule has 0 spiro atoms. The first-order valence-electron chi connectivity index (χ1n) is 9.26. The first-order chi connectivity index (χ1) is 12.8. The molecule has 0 saturated carbocycles. The maximum absolute atomic E-state index is 13.1. The van der Waals surface area contributed by atoms with Crippen molar-refractivity contribution in [3.05, 3.63) is 59.9 Å². The lowest BCUT2D eigenvalue weighted by molar-refractivity contribution is -0.131. The molecular weight excluding hydrogens is 342 g/mol. The average Bonchev–Trinajstić information content (AvgIpc) is 3.31. The van der Waals surface area contributed by atoms with E-state index >= 15 is 0 Å². The smallest absolute Gasteiger partial charge is 0.236 e. The van der Waals surface area contributed by atoms with Gasteiger partial charge < -0.3 is 9.88 Å². The fraction of sp³-hybridized carbons (Fsp3) is 0.333. The zero-order chi connectivity index (χ0) is 17.5. The Morgan fingerprint density at radius 1 is 1.15 bits per heavy atom. The second-order valence-corrected chi connectivity index (χ2v) is 8.43. The molecule has 2 atom stereocenters. The van der Waals surface area contributed by atoms with Crippen molar-refractivity contribution >= 4 is 28.7 Å². The number of piperidine rings is 1. The van der Waals surface area contributed by atoms with Gasteiger partial charge in [0.1, 0.15) is 5.82 Å². The molecule has 3 aromatic rings. The van der Waals surface area contributed by atoms with Gasteiger partial charge in [0.05, 0.1) is 16.3 Å². The van der Waals surface area contributed by atoms with E-state index < -0.39 is 0 Å². The van der Waals surface area contributed by atoms with Gasteiger partial charge in [0.2, 0.25) is 5.91 Å². The van der Waals surface area contributed by atoms with Crippen LogP contribution in [0.3, 0.4) is 0 Å². The molecule has 0 aliphatic carbocycles. The van der Waals surface area contributed by atoms with Gasteiger partial charge >= 0.3 is 0 Å². The largest absolute Gasteiger partial charge is 0.342 e. The molecule has 1 N–H and O–H groups in total. The number of H-pyrrole nitrogens is 1. The molecule has 26 heavy (non-hydrogen) atoms. The molecule has 4 nitrogen and oxygen atoms in total. The number of aromatic amines is 1. The molecule has 1 aromatic heterocycles. The number of hydrogen-bond donors (Lipinski definition) is 1. The molecule has 1 amide bonds. The summed E-state index contributed by atoms with van der Waals surface area (Å²) in [7, 11) is 0. The minimum Gasteiger partial charge on any atom is -0.342 e. The van der Waals surface area contributed by atoms with Crippen LogP contribution in [0.1, 0.15) is 30.1 Å². The number of aromatic nitrogens is 2. The number of hydrogen-bond acceptors (Lipinski definition) is 3. The van der Waals surface area contributed by atoms with Gasteiger partial charge in [0.15, 0.2) is 0 Å². The molecule has 0 unspecified atom stereocenters. The predicted octanol–water partition coefficient (Wildman–Crippen LogP) is 3.99. The number of imidazole rings is 1. The number of likely N-dealkylation sites (tertiary alicyclic amines) is 1. The first kappa shape index (κ1) is 15.9. The van der Waals surface area contributed by atoms with Crippen LogP contribution in [0.15, 0.2) is 53.4 Å². The molecule has 0 radical (unpaired) electrons. The van der Waals surface area contributed by atoms with Crippen LogP contribution >= 0.6 is 11.8 Å². The van der Waals surface area contributed by atoms with Crippen LogP contribution < -0.4 is 0 Å². The maximum atomic E-state index is 13.1. The van der Waals surface area contributed by atoms with Gasteiger partial charge in [-0.05, 0) is 43.0 Å². The second-order valence-electron chi connectivity index (χ2n) is 7.18. The van der Waals surface area contributed by atoms with Gasteiger partial charge in [-0.1, -0.05) is 30.3 Å². The molecule has 132 valence electrons. The van der Waals surface area contributed by atoms with Gasteiger partial charge in [-0.15, -0.1) is 11.8 Å². The van der Waals surface area contributed by atoms with E-state index in [-0.39, 0.29) is 11.2 Å². The number of nitrogens with one attached hydrogen (secondary N) is 1. The summed E-state index contributed by atoms with van der Waals surface area (Å²) in [6, 6.07) is 16.5. The zero-order valence-corrected chi connectivity index (χ0v) is 15.3. The van der Waals surface area contributed by atoms with Crippen molar-refractivity contribution in [2.75, 3.05) is 13.1 Å². The van der Waals surface area contributed by atoms with Crippen molar-refractivity contribution in [1.82, 2.24) is 14.9 Å². The molecule has 5 rings (SSSR count). The van der Waals surface area contributed by atoms with E-state index in [9.17, 15) is 4.79 Å². The number of thioether (sulfide) groups is 1. The summed E-state index contributed by atoms with van der Waals surface area (Å²) in [6.45, 7) is 1.63. The summed E-state index contributed by atoms with van der Waals surface area (Å²) in [6.07, 6.45) is 2.98. The molecule has 5 heteroatoms. The molecule has 1 fully saturated rings. The normalized spacial score (nSPS) is 22.5. The van der Waals surface area contributed by atoms with Crippen LogP contribution in [0.5, 0.6) is 0 Å². The maximum Gasteiger partial charge on any atom is 0.236 e. The summed E-state index contributed by atoms with van der Waals surface area (Å²) in [5, 5.41) is 0.0295. The fourth-order valence-corrected chi connectivity index (χ4v) is 5.37. The number of benzene rings is 2. The van der Waals surface area contributed by atoms with Gasteiger partial charge in [-0.3, -0.25) is 4.79 Å². The van der Waals surface area contributed by atoms with Crippen LogP contribution in [-0.2, 0) is 11.2 Å². The highest BCUT2D eigenvalue weighted by Crippen LogP contribution is 2.38. The van der Waals surface area contributed by atoms with Crippen LogP contribution in [-0.4, -0.2) is 39.1 Å². The number of nitrogens with zero attached hydrogens (tertiary/aromatic N) is 2. The minimum atomic E-state index is 0.0295. The number of carbonyl (C=O) groups is 1. The lowest BCUT2D eigenvalue weighted by Gasteiger charge is -2.33. The molecule has 3 heterocycles. The zero-order valence-electron chi connectivity index (χ0n) is 14.5. The Kier molecular flexibility index (Phi) is 3.97. The Morgan fingerprint density at radius 3 is 2.88 bits per heavy atom. The van der Waals surface area contributed by atoms with Crippen molar-refractivity contribution < 1.29 is 4.79 Å². The first-order valence-corrected chi connectivity index (χ1v) is 10.1. The van der Waals surface area contributed by atoms with E-state index in [1.165, 1.54) is 10.5 Å². The number of amides is 1. The van der Waals surface area contributed by atoms with Crippen molar-refractivity contribution in [2.24, 2.45) is 0 Å². The summed E-state index contributed by atoms with van der Waals surface area (Å²) >= 11 is 1.72. The molecule has 2 aromatic carbocycles. The minimum absolute atomic E-state index is 0.0295. The Hall–Kier alpha value is -2.27. The average molecular weight is 363 g/mol. The van der Waals surface area contributed by atoms with Crippen molar-refractivity contribution in [1.29, 1.82) is 0 Å². The lowest BCUT2D eigenvalue weighted by atomic mass is 9.96. The van der Waals surface area contributed by atoms with E-state index in [2.05, 4.69) is 40.2 Å². The predicted molar refractivity (Wildman–Crippen MR) is 104 cm³/mol. The molecule has 2 aliphatic rings. The van der Waals surface area contributed by atoms with E-state index in [4.69, 9.17) is 4.98 Å². The third-order valence-corrected chi connectivity index (χ3v) is 6.76. The van der Waals surface area contributed by atoms with Crippen LogP contribution in [0.2, 0.25) is 0 Å². The third kappa shape index (κ3) is 2.80. The van der Waals surface area contributed by atoms with Gasteiger partial charge in [-0.2, -0.15) is 0 Å². The van der Waals surface area contributed by atoms with E-state index in [0.29, 0.717) is 5.92 Å². The van der Waals surface area contributed by atoms with Crippen molar-refractivity contribution in [2.45, 2.75) is 35.3 Å². The molecule has 1 saturated heterocycles. The highest BCUT2D eigenvalue weighted by Gasteiger charge is 2.34. The van der Waals surface area contributed by atoms with E-state index in [1.54, 1.807) is 11.8 Å². The van der Waals surface area contributed by atoms with Crippen LogP contribution in [0, 0.1) is 0 Å². The Morgan fingerprint density at radius 2 is 2.00 bits per heavy atom. The summed E-state index contributed by atoms with van der Waals surface area (Å²) in [4.78, 5) is 24.6. The number of para-hydroxylation sites is 2. The van der Waals surface area contributed by atoms with E-state index in [1.807, 2.05) is 18.2 Å². The Bertz CT molecular complexity index is 909. The summed E-state index contributed by atoms with van der Waals surface area (Å²) in [5.74, 6) is 1.60. The molecule has 0 bridgehead atoms. The van der Waals surface area contributed by atoms with Crippen molar-refractivity contribution in [3.63, 3.8) is 0 Å². The Labute approximate surface area is 157 Å². The number of rotatable bonds is 2. The summed E-state index contributed by atoms with van der Waals surface area (Å²) < 4.78 is 0. The highest BCUT2D eigenvalue weighted by atomic mass is 32.2. The number of carbonyl (C=O) groups excluding carboxylic acids is 1. The van der Waals surface area contributed by atoms with Gasteiger partial charge in [-0.25, -0.2) is 4.98 Å². The van der Waals surface area contributed by atoms with Gasteiger partial charge in [0, 0.05) is 23.9 Å². The van der Waals surface area contributed by atoms with Crippen molar-refractivity contribution in [3.8, 4) is 0 Å².